The third-order valence-corrected chi connectivity index (χ3v) is 2.96. The molecule has 0 aromatic heterocycles. The van der Waals surface area contributed by atoms with Crippen molar-refractivity contribution in [1.82, 2.24) is 5.43 Å². The summed E-state index contributed by atoms with van der Waals surface area (Å²) in [4.78, 5) is 4.07. The maximum atomic E-state index is 13.4. The summed E-state index contributed by atoms with van der Waals surface area (Å²) < 4.78 is 26.7. The minimum absolute atomic E-state index is 0.0586. The lowest BCUT2D eigenvalue weighted by Gasteiger charge is -2.09. The minimum Gasteiger partial charge on any atom is -0.296 e. The van der Waals surface area contributed by atoms with Crippen LogP contribution in [-0.4, -0.2) is 17.5 Å². The predicted molar refractivity (Wildman–Crippen MR) is 62.6 cm³/mol. The predicted octanol–water partition coefficient (Wildman–Crippen LogP) is 1.86. The third-order valence-electron chi connectivity index (χ3n) is 2.07. The van der Waals surface area contributed by atoms with Gasteiger partial charge in [-0.3, -0.25) is 15.8 Å². The highest BCUT2D eigenvalue weighted by Crippen LogP contribution is 2.18. The Labute approximate surface area is 101 Å². The van der Waals surface area contributed by atoms with Gasteiger partial charge >= 0.3 is 0 Å². The van der Waals surface area contributed by atoms with E-state index in [-0.39, 0.29) is 11.3 Å². The Morgan fingerprint density at radius 1 is 1.29 bits per heavy atom. The molecule has 1 heterocycles. The van der Waals surface area contributed by atoms with Crippen LogP contribution >= 0.6 is 11.8 Å². The van der Waals surface area contributed by atoms with Crippen LogP contribution in [0.25, 0.3) is 0 Å². The molecule has 0 amide bonds. The van der Waals surface area contributed by atoms with Gasteiger partial charge in [0.2, 0.25) is 0 Å². The molecule has 1 aliphatic rings. The second kappa shape index (κ2) is 5.01. The number of rotatable bonds is 2. The zero-order chi connectivity index (χ0) is 12.3. The van der Waals surface area contributed by atoms with E-state index in [1.54, 1.807) is 6.07 Å². The molecule has 0 bridgehead atoms. The van der Waals surface area contributed by atoms with Crippen molar-refractivity contribution in [1.29, 1.82) is 5.26 Å². The largest absolute Gasteiger partial charge is 0.296 e. The van der Waals surface area contributed by atoms with E-state index in [0.29, 0.717) is 11.7 Å². The Balaban J connectivity index is 2.11. The van der Waals surface area contributed by atoms with E-state index >= 15 is 0 Å². The molecule has 0 saturated carbocycles. The summed E-state index contributed by atoms with van der Waals surface area (Å²) >= 11 is 1.49. The average molecular weight is 254 g/mol. The van der Waals surface area contributed by atoms with Crippen molar-refractivity contribution in [3.63, 3.8) is 0 Å². The Kier molecular flexibility index (Phi) is 3.44. The van der Waals surface area contributed by atoms with Gasteiger partial charge in [0, 0.05) is 11.8 Å². The molecule has 7 heteroatoms. The molecule has 1 aromatic carbocycles. The summed E-state index contributed by atoms with van der Waals surface area (Å²) in [7, 11) is 0. The summed E-state index contributed by atoms with van der Waals surface area (Å²) in [6, 6.07) is 3.35. The zero-order valence-corrected chi connectivity index (χ0v) is 9.44. The highest BCUT2D eigenvalue weighted by molar-refractivity contribution is 8.14. The van der Waals surface area contributed by atoms with E-state index in [9.17, 15) is 8.78 Å². The fraction of sp³-hybridized carbons (Fsp3) is 0.200. The van der Waals surface area contributed by atoms with Gasteiger partial charge in [-0.15, -0.1) is 0 Å². The fourth-order valence-corrected chi connectivity index (χ4v) is 1.94. The molecule has 0 atom stereocenters. The first-order valence-corrected chi connectivity index (χ1v) is 5.77. The van der Waals surface area contributed by atoms with E-state index in [0.717, 1.165) is 17.9 Å². The first-order valence-electron chi connectivity index (χ1n) is 4.79. The van der Waals surface area contributed by atoms with Crippen LogP contribution in [0.3, 0.4) is 0 Å². The van der Waals surface area contributed by atoms with Crippen molar-refractivity contribution in [3.05, 3.63) is 29.3 Å². The van der Waals surface area contributed by atoms with E-state index in [1.165, 1.54) is 11.8 Å². The van der Waals surface area contributed by atoms with Gasteiger partial charge in [0.1, 0.15) is 17.7 Å². The standard InChI is InChI=1S/C10H8F2N4S/c11-7-4-9(8(12)3-6(7)5-13)15-16-10-14-1-2-17-10/h3-4,15H,1-2H2,(H,14,16). The number of benzene rings is 1. The van der Waals surface area contributed by atoms with E-state index in [1.807, 2.05) is 0 Å². The number of hydrogen-bond acceptors (Lipinski definition) is 5. The number of nitrogens with one attached hydrogen (secondary N) is 2. The smallest absolute Gasteiger partial charge is 0.175 e. The Hall–Kier alpha value is -1.81. The number of hydrogen-bond donors (Lipinski definition) is 2. The zero-order valence-electron chi connectivity index (χ0n) is 8.63. The lowest BCUT2D eigenvalue weighted by Crippen LogP contribution is -2.26. The van der Waals surface area contributed by atoms with Crippen molar-refractivity contribution < 1.29 is 8.78 Å². The van der Waals surface area contributed by atoms with Gasteiger partial charge in [0.15, 0.2) is 5.17 Å². The van der Waals surface area contributed by atoms with Crippen molar-refractivity contribution in [2.45, 2.75) is 0 Å². The van der Waals surface area contributed by atoms with Gasteiger partial charge < -0.3 is 0 Å². The van der Waals surface area contributed by atoms with Crippen LogP contribution in [0.1, 0.15) is 5.56 Å². The normalized spacial score (nSPS) is 14.1. The Morgan fingerprint density at radius 2 is 2.12 bits per heavy atom. The summed E-state index contributed by atoms with van der Waals surface area (Å²) in [5.41, 5.74) is 4.82. The van der Waals surface area contributed by atoms with Gasteiger partial charge in [0.25, 0.3) is 0 Å². The van der Waals surface area contributed by atoms with Crippen molar-refractivity contribution in [3.8, 4) is 6.07 Å². The first kappa shape index (κ1) is 11.7. The number of aliphatic imine (C=N–C) groups is 1. The molecule has 2 rings (SSSR count). The van der Waals surface area contributed by atoms with E-state index < -0.39 is 11.6 Å². The molecular formula is C10H8F2N4S. The maximum Gasteiger partial charge on any atom is 0.175 e. The van der Waals surface area contributed by atoms with Crippen LogP contribution in [0.4, 0.5) is 14.5 Å². The fourth-order valence-electron chi connectivity index (χ4n) is 1.26. The molecule has 0 fully saturated rings. The number of amidine groups is 1. The first-order chi connectivity index (χ1) is 8.20. The average Bonchev–Trinajstić information content (AvgIpc) is 2.82. The molecule has 4 nitrogen and oxygen atoms in total. The van der Waals surface area contributed by atoms with E-state index in [4.69, 9.17) is 5.26 Å². The van der Waals surface area contributed by atoms with Crippen LogP contribution in [0.5, 0.6) is 0 Å². The van der Waals surface area contributed by atoms with Gasteiger partial charge in [-0.2, -0.15) is 5.26 Å². The van der Waals surface area contributed by atoms with Crippen LogP contribution in [0, 0.1) is 23.0 Å². The number of hydrazine groups is 1. The third kappa shape index (κ3) is 2.65. The molecule has 1 aromatic rings. The molecule has 0 aliphatic carbocycles. The van der Waals surface area contributed by atoms with Crippen LogP contribution in [0.2, 0.25) is 0 Å². The molecule has 2 N–H and O–H groups in total. The van der Waals surface area contributed by atoms with Gasteiger partial charge in [0.05, 0.1) is 17.8 Å². The second-order valence-corrected chi connectivity index (χ2v) is 4.29. The lowest BCUT2D eigenvalue weighted by molar-refractivity contribution is 0.598. The molecule has 17 heavy (non-hydrogen) atoms. The number of anilines is 1. The number of halogens is 2. The van der Waals surface area contributed by atoms with Crippen LogP contribution in [-0.2, 0) is 0 Å². The quantitative estimate of drug-likeness (QED) is 0.791. The molecule has 0 radical (unpaired) electrons. The summed E-state index contributed by atoms with van der Waals surface area (Å²) in [5, 5.41) is 9.15. The molecular weight excluding hydrogens is 246 g/mol. The lowest BCUT2D eigenvalue weighted by atomic mass is 10.2. The molecule has 0 spiro atoms. The van der Waals surface area contributed by atoms with Gasteiger partial charge in [-0.1, -0.05) is 11.8 Å². The summed E-state index contributed by atoms with van der Waals surface area (Å²) in [6.07, 6.45) is 0. The molecule has 88 valence electrons. The van der Waals surface area contributed by atoms with Crippen molar-refractivity contribution in [2.24, 2.45) is 4.99 Å². The van der Waals surface area contributed by atoms with Gasteiger partial charge in [-0.05, 0) is 6.07 Å². The molecule has 1 aliphatic heterocycles. The highest BCUT2D eigenvalue weighted by atomic mass is 32.2. The van der Waals surface area contributed by atoms with Crippen LogP contribution in [0.15, 0.2) is 17.1 Å². The van der Waals surface area contributed by atoms with Gasteiger partial charge in [-0.25, -0.2) is 8.78 Å². The Bertz CT molecular complexity index is 510. The maximum absolute atomic E-state index is 13.4. The monoisotopic (exact) mass is 254 g/mol. The SMILES string of the molecule is N#Cc1cc(F)c(NNC2=NCCS2)cc1F. The topological polar surface area (TPSA) is 60.2 Å². The highest BCUT2D eigenvalue weighted by Gasteiger charge is 2.11. The van der Waals surface area contributed by atoms with Crippen molar-refractivity contribution in [2.75, 3.05) is 17.7 Å². The second-order valence-electron chi connectivity index (χ2n) is 3.21. The summed E-state index contributed by atoms with van der Waals surface area (Å²) in [5.74, 6) is -0.591. The van der Waals surface area contributed by atoms with Crippen LogP contribution < -0.4 is 10.9 Å². The number of nitriles is 1. The number of nitrogens with zero attached hydrogens (tertiary/aromatic N) is 2. The van der Waals surface area contributed by atoms with Crippen molar-refractivity contribution >= 4 is 22.6 Å². The minimum atomic E-state index is -0.765. The number of thioether (sulfide) groups is 1. The Morgan fingerprint density at radius 3 is 2.76 bits per heavy atom. The molecule has 0 unspecified atom stereocenters. The molecule has 0 saturated heterocycles. The van der Waals surface area contributed by atoms with E-state index in [2.05, 4.69) is 15.8 Å². The summed E-state index contributed by atoms with van der Waals surface area (Å²) in [6.45, 7) is 0.707.